The van der Waals surface area contributed by atoms with E-state index in [-0.39, 0.29) is 6.61 Å². The molecule has 0 amide bonds. The highest BCUT2D eigenvalue weighted by Gasteiger charge is 2.04. The predicted octanol–water partition coefficient (Wildman–Crippen LogP) is 2.97. The van der Waals surface area contributed by atoms with E-state index in [1.807, 2.05) is 13.8 Å². The topological polar surface area (TPSA) is 43.4 Å². The molecule has 0 atom stereocenters. The molecule has 0 heterocycles. The summed E-state index contributed by atoms with van der Waals surface area (Å²) >= 11 is 3.52. The molecule has 1 aromatic carbocycles. The van der Waals surface area contributed by atoms with Gasteiger partial charge in [0.2, 0.25) is 0 Å². The fourth-order valence-electron chi connectivity index (χ4n) is 1.67. The van der Waals surface area contributed by atoms with Gasteiger partial charge in [-0.25, -0.2) is 0 Å². The fraction of sp³-hybridized carbons (Fsp3) is 0.500. The van der Waals surface area contributed by atoms with Crippen LogP contribution in [0.2, 0.25) is 0 Å². The molecule has 1 rings (SSSR count). The van der Waals surface area contributed by atoms with Crippen LogP contribution in [0.1, 0.15) is 23.1 Å². The monoisotopic (exact) mass is 320 g/mol. The Hall–Kier alpha value is -0.390. The van der Waals surface area contributed by atoms with Gasteiger partial charge in [0.05, 0.1) is 12.9 Å². The van der Waals surface area contributed by atoms with Crippen molar-refractivity contribution in [2.24, 2.45) is 0 Å². The molecule has 0 radical (unpaired) electrons. The average Bonchev–Trinajstić information content (AvgIpc) is 2.19. The molecule has 0 saturated heterocycles. The summed E-state index contributed by atoms with van der Waals surface area (Å²) in [4.78, 5) is 0. The Morgan fingerprint density at radius 2 is 1.76 bits per heavy atom. The van der Waals surface area contributed by atoms with Crippen molar-refractivity contribution >= 4 is 26.0 Å². The summed E-state index contributed by atoms with van der Waals surface area (Å²) < 4.78 is 27.4. The van der Waals surface area contributed by atoms with Crippen molar-refractivity contribution in [2.45, 2.75) is 26.7 Å². The normalized spacial score (nSPS) is 11.8. The molecule has 0 aliphatic heterocycles. The van der Waals surface area contributed by atoms with Gasteiger partial charge in [0.25, 0.3) is 10.1 Å². The van der Waals surface area contributed by atoms with Crippen molar-refractivity contribution < 1.29 is 12.6 Å². The molecular formula is C12H17BrO3S. The summed E-state index contributed by atoms with van der Waals surface area (Å²) in [6.07, 6.45) is 2.60. The van der Waals surface area contributed by atoms with Crippen LogP contribution < -0.4 is 0 Å². The highest BCUT2D eigenvalue weighted by atomic mass is 79.9. The Bertz CT molecular complexity index is 471. The van der Waals surface area contributed by atoms with Crippen molar-refractivity contribution in [1.82, 2.24) is 0 Å². The largest absolute Gasteiger partial charge is 0.270 e. The van der Waals surface area contributed by atoms with E-state index in [1.54, 1.807) is 0 Å². The highest BCUT2D eigenvalue weighted by Crippen LogP contribution is 2.23. The minimum Gasteiger partial charge on any atom is -0.270 e. The molecule has 3 nitrogen and oxygen atoms in total. The van der Waals surface area contributed by atoms with E-state index in [0.717, 1.165) is 17.1 Å². The molecular weight excluding hydrogens is 304 g/mol. The molecule has 0 saturated carbocycles. The Balaban J connectivity index is 2.53. The van der Waals surface area contributed by atoms with Gasteiger partial charge in [-0.3, -0.25) is 4.18 Å². The van der Waals surface area contributed by atoms with E-state index in [0.29, 0.717) is 6.42 Å². The van der Waals surface area contributed by atoms with E-state index in [9.17, 15) is 8.42 Å². The zero-order valence-corrected chi connectivity index (χ0v) is 12.7. The lowest BCUT2D eigenvalue weighted by molar-refractivity contribution is 0.316. The summed E-state index contributed by atoms with van der Waals surface area (Å²) in [5.41, 5.74) is 3.60. The number of benzene rings is 1. The Morgan fingerprint density at radius 3 is 2.24 bits per heavy atom. The molecule has 96 valence electrons. The zero-order valence-electron chi connectivity index (χ0n) is 10.3. The van der Waals surface area contributed by atoms with Crippen molar-refractivity contribution in [2.75, 3.05) is 12.9 Å². The maximum absolute atomic E-state index is 10.8. The molecule has 1 aromatic rings. The van der Waals surface area contributed by atoms with E-state index < -0.39 is 10.1 Å². The van der Waals surface area contributed by atoms with E-state index in [1.165, 1.54) is 16.7 Å². The maximum atomic E-state index is 10.8. The second-order valence-electron chi connectivity index (χ2n) is 4.17. The lowest BCUT2D eigenvalue weighted by Crippen LogP contribution is -2.05. The van der Waals surface area contributed by atoms with Crippen molar-refractivity contribution in [3.8, 4) is 0 Å². The number of hydrogen-bond donors (Lipinski definition) is 0. The second-order valence-corrected chi connectivity index (χ2v) is 6.61. The van der Waals surface area contributed by atoms with Gasteiger partial charge >= 0.3 is 0 Å². The lowest BCUT2D eigenvalue weighted by atomic mass is 10.0. The highest BCUT2D eigenvalue weighted by molar-refractivity contribution is 9.10. The van der Waals surface area contributed by atoms with Gasteiger partial charge in [0.1, 0.15) is 0 Å². The van der Waals surface area contributed by atoms with Crippen LogP contribution in [-0.2, 0) is 20.7 Å². The van der Waals surface area contributed by atoms with Crippen LogP contribution in [0.5, 0.6) is 0 Å². The first-order valence-electron chi connectivity index (χ1n) is 5.39. The van der Waals surface area contributed by atoms with Gasteiger partial charge in [-0.1, -0.05) is 28.1 Å². The van der Waals surface area contributed by atoms with Crippen LogP contribution in [0, 0.1) is 13.8 Å². The van der Waals surface area contributed by atoms with Gasteiger partial charge in [-0.15, -0.1) is 0 Å². The molecule has 0 N–H and O–H groups in total. The summed E-state index contributed by atoms with van der Waals surface area (Å²) in [7, 11) is -3.31. The quantitative estimate of drug-likeness (QED) is 0.618. The van der Waals surface area contributed by atoms with Crippen molar-refractivity contribution in [3.05, 3.63) is 33.3 Å². The first-order valence-corrected chi connectivity index (χ1v) is 8.00. The van der Waals surface area contributed by atoms with Crippen LogP contribution in [-0.4, -0.2) is 21.3 Å². The fourth-order valence-corrected chi connectivity index (χ4v) is 2.32. The van der Waals surface area contributed by atoms with Crippen LogP contribution >= 0.6 is 15.9 Å². The van der Waals surface area contributed by atoms with Gasteiger partial charge in [0, 0.05) is 4.47 Å². The van der Waals surface area contributed by atoms with Gasteiger partial charge < -0.3 is 0 Å². The third-order valence-electron chi connectivity index (χ3n) is 2.40. The molecule has 0 aliphatic rings. The summed E-state index contributed by atoms with van der Waals surface area (Å²) in [6, 6.07) is 4.22. The number of halogens is 1. The molecule has 0 unspecified atom stereocenters. The van der Waals surface area contributed by atoms with Crippen LogP contribution in [0.4, 0.5) is 0 Å². The van der Waals surface area contributed by atoms with Gasteiger partial charge in [0.15, 0.2) is 0 Å². The smallest absolute Gasteiger partial charge is 0.264 e. The molecule has 0 fully saturated rings. The SMILES string of the molecule is Cc1cc(CCCOS(C)(=O)=O)cc(C)c1Br. The minimum atomic E-state index is -3.31. The molecule has 0 spiro atoms. The molecule has 17 heavy (non-hydrogen) atoms. The zero-order chi connectivity index (χ0) is 13.1. The minimum absolute atomic E-state index is 0.243. The predicted molar refractivity (Wildman–Crippen MR) is 72.7 cm³/mol. The Kier molecular flexibility index (Phi) is 5.16. The van der Waals surface area contributed by atoms with Crippen LogP contribution in [0.25, 0.3) is 0 Å². The number of hydrogen-bond acceptors (Lipinski definition) is 3. The molecule has 5 heteroatoms. The van der Waals surface area contributed by atoms with Gasteiger partial charge in [-0.2, -0.15) is 8.42 Å². The second kappa shape index (κ2) is 5.98. The van der Waals surface area contributed by atoms with Crippen LogP contribution in [0.3, 0.4) is 0 Å². The molecule has 0 aromatic heterocycles. The standard InChI is InChI=1S/C12H17BrO3S/c1-9-7-11(8-10(2)12(9)13)5-4-6-16-17(3,14)15/h7-8H,4-6H2,1-3H3. The van der Waals surface area contributed by atoms with Gasteiger partial charge in [-0.05, 0) is 43.4 Å². The molecule has 0 bridgehead atoms. The van der Waals surface area contributed by atoms with Crippen molar-refractivity contribution in [1.29, 1.82) is 0 Å². The van der Waals surface area contributed by atoms with E-state index in [4.69, 9.17) is 4.18 Å². The van der Waals surface area contributed by atoms with E-state index >= 15 is 0 Å². The number of rotatable bonds is 5. The number of aryl methyl sites for hydroxylation is 3. The lowest BCUT2D eigenvalue weighted by Gasteiger charge is -2.08. The van der Waals surface area contributed by atoms with Crippen LogP contribution in [0.15, 0.2) is 16.6 Å². The summed E-state index contributed by atoms with van der Waals surface area (Å²) in [6.45, 7) is 4.34. The third kappa shape index (κ3) is 5.19. The first-order chi connectivity index (χ1) is 7.79. The summed E-state index contributed by atoms with van der Waals surface area (Å²) in [5.74, 6) is 0. The molecule has 0 aliphatic carbocycles. The Morgan fingerprint density at radius 1 is 1.24 bits per heavy atom. The maximum Gasteiger partial charge on any atom is 0.264 e. The van der Waals surface area contributed by atoms with Crippen molar-refractivity contribution in [3.63, 3.8) is 0 Å². The average molecular weight is 321 g/mol. The third-order valence-corrected chi connectivity index (χ3v) is 4.25. The first kappa shape index (κ1) is 14.7. The Labute approximate surface area is 111 Å². The van der Waals surface area contributed by atoms with E-state index in [2.05, 4.69) is 28.1 Å². The summed E-state index contributed by atoms with van der Waals surface area (Å²) in [5, 5.41) is 0.